The van der Waals surface area contributed by atoms with Gasteiger partial charge in [-0.15, -0.1) is 0 Å². The van der Waals surface area contributed by atoms with Crippen LogP contribution in [0.2, 0.25) is 0 Å². The van der Waals surface area contributed by atoms with Gasteiger partial charge in [-0.25, -0.2) is 4.79 Å². The van der Waals surface area contributed by atoms with E-state index in [1.807, 2.05) is 6.92 Å². The first-order valence-electron chi connectivity index (χ1n) is 6.13. The first-order chi connectivity index (χ1) is 9.06. The highest BCUT2D eigenvalue weighted by atomic mass is 79.9. The Morgan fingerprint density at radius 3 is 2.68 bits per heavy atom. The molecule has 100 valence electrons. The molecule has 3 rings (SSSR count). The largest absolute Gasteiger partial charge is 0.378 e. The molecule has 2 heterocycles. The molecule has 2 unspecified atom stereocenters. The summed E-state index contributed by atoms with van der Waals surface area (Å²) in [4.78, 5) is 29.1. The molecule has 2 aromatic rings. The van der Waals surface area contributed by atoms with Crippen molar-refractivity contribution in [1.82, 2.24) is 9.97 Å². The Hall–Kier alpha value is -1.40. The van der Waals surface area contributed by atoms with E-state index in [4.69, 9.17) is 4.74 Å². The average molecular weight is 325 g/mol. The monoisotopic (exact) mass is 324 g/mol. The second-order valence-electron chi connectivity index (χ2n) is 4.79. The van der Waals surface area contributed by atoms with Crippen LogP contribution >= 0.6 is 15.9 Å². The third-order valence-corrected chi connectivity index (χ3v) is 4.24. The van der Waals surface area contributed by atoms with Gasteiger partial charge in [0.25, 0.3) is 0 Å². The maximum atomic E-state index is 12.5. The fourth-order valence-electron chi connectivity index (χ4n) is 2.52. The Morgan fingerprint density at radius 2 is 2.05 bits per heavy atom. The Morgan fingerprint density at radius 1 is 1.37 bits per heavy atom. The van der Waals surface area contributed by atoms with E-state index < -0.39 is 0 Å². The molecule has 1 aliphatic heterocycles. The molecule has 0 radical (unpaired) electrons. The molecule has 5 nitrogen and oxygen atoms in total. The summed E-state index contributed by atoms with van der Waals surface area (Å²) in [7, 11) is 0. The SMILES string of the molecule is CC1OCCC1C(=O)c1cc2[nH]c(=O)[nH]c2cc1Br. The molecular formula is C13H13BrN2O3. The normalized spacial score (nSPS) is 23.1. The van der Waals surface area contributed by atoms with E-state index in [0.717, 1.165) is 6.42 Å². The summed E-state index contributed by atoms with van der Waals surface area (Å²) in [6.07, 6.45) is 0.689. The Labute approximate surface area is 117 Å². The van der Waals surface area contributed by atoms with Crippen LogP contribution in [0.4, 0.5) is 0 Å². The van der Waals surface area contributed by atoms with E-state index >= 15 is 0 Å². The molecule has 0 saturated carbocycles. The van der Waals surface area contributed by atoms with Gasteiger partial charge in [0, 0.05) is 16.6 Å². The average Bonchev–Trinajstić information content (AvgIpc) is 2.92. The van der Waals surface area contributed by atoms with Crippen molar-refractivity contribution in [1.29, 1.82) is 0 Å². The number of ketones is 1. The quantitative estimate of drug-likeness (QED) is 0.832. The molecule has 0 bridgehead atoms. The molecule has 1 fully saturated rings. The van der Waals surface area contributed by atoms with Crippen molar-refractivity contribution < 1.29 is 9.53 Å². The summed E-state index contributed by atoms with van der Waals surface area (Å²) in [6.45, 7) is 2.54. The van der Waals surface area contributed by atoms with Crippen molar-refractivity contribution in [2.75, 3.05) is 6.61 Å². The van der Waals surface area contributed by atoms with Gasteiger partial charge in [-0.05, 0) is 41.4 Å². The van der Waals surface area contributed by atoms with Crippen molar-refractivity contribution >= 4 is 32.7 Å². The molecule has 2 atom stereocenters. The number of hydrogen-bond donors (Lipinski definition) is 2. The topological polar surface area (TPSA) is 75.0 Å². The van der Waals surface area contributed by atoms with E-state index in [1.165, 1.54) is 0 Å². The van der Waals surface area contributed by atoms with Gasteiger partial charge in [0.2, 0.25) is 0 Å². The number of aromatic amines is 2. The number of Topliss-reactive ketones (excluding diaryl/α,β-unsaturated/α-hetero) is 1. The summed E-state index contributed by atoms with van der Waals surface area (Å²) >= 11 is 3.40. The Kier molecular flexibility index (Phi) is 3.06. The molecular weight excluding hydrogens is 312 g/mol. The van der Waals surface area contributed by atoms with Gasteiger partial charge < -0.3 is 14.7 Å². The number of benzene rings is 1. The standard InChI is InChI=1S/C13H13BrN2O3/c1-6-7(2-3-19-6)12(17)8-4-10-11(5-9(8)14)16-13(18)15-10/h4-7H,2-3H2,1H3,(H2,15,16,18). The molecule has 1 aliphatic rings. The second kappa shape index (κ2) is 4.61. The molecule has 2 N–H and O–H groups in total. The van der Waals surface area contributed by atoms with Gasteiger partial charge in [-0.3, -0.25) is 4.79 Å². The van der Waals surface area contributed by atoms with Crippen LogP contribution in [0.1, 0.15) is 23.7 Å². The van der Waals surface area contributed by atoms with Gasteiger partial charge >= 0.3 is 5.69 Å². The number of ether oxygens (including phenoxy) is 1. The molecule has 19 heavy (non-hydrogen) atoms. The van der Waals surface area contributed by atoms with Crippen LogP contribution in [0.3, 0.4) is 0 Å². The third-order valence-electron chi connectivity index (χ3n) is 3.58. The molecule has 0 aliphatic carbocycles. The highest BCUT2D eigenvalue weighted by Crippen LogP contribution is 2.29. The van der Waals surface area contributed by atoms with Crippen molar-refractivity contribution in [3.05, 3.63) is 32.7 Å². The predicted molar refractivity (Wildman–Crippen MR) is 74.5 cm³/mol. The van der Waals surface area contributed by atoms with E-state index in [-0.39, 0.29) is 23.5 Å². The van der Waals surface area contributed by atoms with Crippen molar-refractivity contribution in [3.63, 3.8) is 0 Å². The van der Waals surface area contributed by atoms with Crippen molar-refractivity contribution in [2.45, 2.75) is 19.4 Å². The van der Waals surface area contributed by atoms with E-state index in [1.54, 1.807) is 12.1 Å². The zero-order chi connectivity index (χ0) is 13.6. The van der Waals surface area contributed by atoms with Crippen LogP contribution in [0.15, 0.2) is 21.4 Å². The van der Waals surface area contributed by atoms with Crippen LogP contribution in [-0.2, 0) is 4.74 Å². The maximum absolute atomic E-state index is 12.5. The molecule has 1 aromatic carbocycles. The number of carbonyl (C=O) groups is 1. The molecule has 1 aromatic heterocycles. The highest BCUT2D eigenvalue weighted by Gasteiger charge is 2.32. The number of fused-ring (bicyclic) bond motifs is 1. The van der Waals surface area contributed by atoms with Gasteiger partial charge in [0.05, 0.1) is 23.1 Å². The smallest absolute Gasteiger partial charge is 0.323 e. The lowest BCUT2D eigenvalue weighted by atomic mass is 9.92. The predicted octanol–water partition coefficient (Wildman–Crippen LogP) is 2.23. The molecule has 0 amide bonds. The summed E-state index contributed by atoms with van der Waals surface area (Å²) in [6, 6.07) is 3.46. The first-order valence-corrected chi connectivity index (χ1v) is 6.93. The summed E-state index contributed by atoms with van der Waals surface area (Å²) in [5, 5.41) is 0. The van der Waals surface area contributed by atoms with E-state index in [0.29, 0.717) is 27.7 Å². The Balaban J connectivity index is 2.06. The minimum Gasteiger partial charge on any atom is -0.378 e. The van der Waals surface area contributed by atoms with Gasteiger partial charge in [0.15, 0.2) is 5.78 Å². The van der Waals surface area contributed by atoms with E-state index in [2.05, 4.69) is 25.9 Å². The molecule has 6 heteroatoms. The van der Waals surface area contributed by atoms with Gasteiger partial charge in [-0.2, -0.15) is 0 Å². The van der Waals surface area contributed by atoms with Gasteiger partial charge in [0.1, 0.15) is 0 Å². The third kappa shape index (κ3) is 2.15. The van der Waals surface area contributed by atoms with Crippen LogP contribution < -0.4 is 5.69 Å². The zero-order valence-corrected chi connectivity index (χ0v) is 11.9. The van der Waals surface area contributed by atoms with Gasteiger partial charge in [-0.1, -0.05) is 0 Å². The first kappa shape index (κ1) is 12.6. The fourth-order valence-corrected chi connectivity index (χ4v) is 3.06. The summed E-state index contributed by atoms with van der Waals surface area (Å²) < 4.78 is 6.13. The van der Waals surface area contributed by atoms with Crippen LogP contribution in [0.25, 0.3) is 11.0 Å². The molecule has 1 saturated heterocycles. The summed E-state index contributed by atoms with van der Waals surface area (Å²) in [5.74, 6) is -0.0553. The van der Waals surface area contributed by atoms with E-state index in [9.17, 15) is 9.59 Å². The van der Waals surface area contributed by atoms with Crippen LogP contribution in [0, 0.1) is 5.92 Å². The number of aromatic nitrogens is 2. The minimum atomic E-state index is -0.274. The minimum absolute atomic E-state index is 0.0552. The lowest BCUT2D eigenvalue weighted by molar-refractivity contribution is 0.0764. The number of imidazole rings is 1. The Bertz CT molecular complexity index is 703. The van der Waals surface area contributed by atoms with Crippen molar-refractivity contribution in [2.24, 2.45) is 5.92 Å². The highest BCUT2D eigenvalue weighted by molar-refractivity contribution is 9.10. The maximum Gasteiger partial charge on any atom is 0.323 e. The number of rotatable bonds is 2. The van der Waals surface area contributed by atoms with Crippen LogP contribution in [0.5, 0.6) is 0 Å². The zero-order valence-electron chi connectivity index (χ0n) is 10.3. The number of halogens is 1. The molecule has 0 spiro atoms. The summed E-state index contributed by atoms with van der Waals surface area (Å²) in [5.41, 5.74) is 1.64. The lowest BCUT2D eigenvalue weighted by Gasteiger charge is -2.13. The fraction of sp³-hybridized carbons (Fsp3) is 0.385. The number of hydrogen-bond acceptors (Lipinski definition) is 3. The number of nitrogens with one attached hydrogen (secondary N) is 2. The second-order valence-corrected chi connectivity index (χ2v) is 5.65. The lowest BCUT2D eigenvalue weighted by Crippen LogP contribution is -2.22. The number of H-pyrrole nitrogens is 2. The van der Waals surface area contributed by atoms with Crippen LogP contribution in [-0.4, -0.2) is 28.5 Å². The number of carbonyl (C=O) groups excluding carboxylic acids is 1. The van der Waals surface area contributed by atoms with Crippen molar-refractivity contribution in [3.8, 4) is 0 Å².